The zero-order valence-corrected chi connectivity index (χ0v) is 17.2. The van der Waals surface area contributed by atoms with Crippen molar-refractivity contribution >= 4 is 24.0 Å². The van der Waals surface area contributed by atoms with Crippen molar-refractivity contribution in [2.75, 3.05) is 0 Å². The minimum absolute atomic E-state index is 0.524. The van der Waals surface area contributed by atoms with Gasteiger partial charge in [0.05, 0.1) is 0 Å². The molecule has 1 nitrogen and oxygen atoms in total. The van der Waals surface area contributed by atoms with Gasteiger partial charge in [-0.2, -0.15) is 0 Å². The minimum atomic E-state index is -0.940. The van der Waals surface area contributed by atoms with Crippen LogP contribution in [0.3, 0.4) is 0 Å². The number of aliphatic hydroxyl groups is 1. The van der Waals surface area contributed by atoms with Crippen LogP contribution in [0.25, 0.3) is 0 Å². The Balaban J connectivity index is 2.17. The van der Waals surface area contributed by atoms with Gasteiger partial charge in [-0.25, -0.2) is 0 Å². The van der Waals surface area contributed by atoms with Crippen molar-refractivity contribution in [2.45, 2.75) is 63.9 Å². The summed E-state index contributed by atoms with van der Waals surface area (Å²) in [4.78, 5) is 0. The summed E-state index contributed by atoms with van der Waals surface area (Å²) < 4.78 is 1.10. The van der Waals surface area contributed by atoms with Crippen molar-refractivity contribution in [3.8, 4) is 11.8 Å². The maximum atomic E-state index is 9.93. The van der Waals surface area contributed by atoms with Gasteiger partial charge in [0.25, 0.3) is 0 Å². The predicted molar refractivity (Wildman–Crippen MR) is 107 cm³/mol. The van der Waals surface area contributed by atoms with E-state index < -0.39 is 14.2 Å². The highest BCUT2D eigenvalue weighted by Gasteiger charge is 2.09. The van der Waals surface area contributed by atoms with E-state index in [2.05, 4.69) is 65.6 Å². The van der Waals surface area contributed by atoms with E-state index in [4.69, 9.17) is 0 Å². The van der Waals surface area contributed by atoms with Gasteiger partial charge >= 0.3 is 0 Å². The Hall–Kier alpha value is -0.823. The van der Waals surface area contributed by atoms with E-state index in [0.29, 0.717) is 6.42 Å². The second kappa shape index (κ2) is 10.9. The topological polar surface area (TPSA) is 20.2 Å². The molecule has 0 bridgehead atoms. The molecule has 3 heteroatoms. The number of aliphatic hydroxyl groups excluding tert-OH is 1. The van der Waals surface area contributed by atoms with Crippen molar-refractivity contribution < 1.29 is 5.11 Å². The van der Waals surface area contributed by atoms with E-state index >= 15 is 0 Å². The van der Waals surface area contributed by atoms with Gasteiger partial charge in [-0.3, -0.25) is 0 Å². The second-order valence-electron chi connectivity index (χ2n) is 7.10. The lowest BCUT2D eigenvalue weighted by molar-refractivity contribution is 0.222. The third kappa shape index (κ3) is 10.5. The van der Waals surface area contributed by atoms with Crippen LogP contribution in [0.5, 0.6) is 0 Å². The molecule has 0 aliphatic rings. The van der Waals surface area contributed by atoms with Crippen LogP contribution in [0.15, 0.2) is 40.9 Å². The number of allylic oxidation sites excluding steroid dienone is 2. The largest absolute Gasteiger partial charge is 0.380 e. The van der Waals surface area contributed by atoms with Crippen LogP contribution >= 0.6 is 15.9 Å². The molecular formula is C20H29BrOSi. The molecule has 1 aromatic rings. The Morgan fingerprint density at radius 3 is 2.65 bits per heavy atom. The monoisotopic (exact) mass is 392 g/mol. The van der Waals surface area contributed by atoms with Crippen LogP contribution in [0.4, 0.5) is 0 Å². The highest BCUT2D eigenvalue weighted by molar-refractivity contribution is 9.10. The van der Waals surface area contributed by atoms with Crippen molar-refractivity contribution in [3.05, 3.63) is 46.5 Å². The Labute approximate surface area is 151 Å². The number of hydrogen-bond acceptors (Lipinski definition) is 1. The van der Waals surface area contributed by atoms with E-state index in [-0.39, 0.29) is 0 Å². The summed E-state index contributed by atoms with van der Waals surface area (Å²) in [5.41, 5.74) is 1.22. The summed E-state index contributed by atoms with van der Waals surface area (Å²) in [6.07, 6.45) is 8.64. The number of aryl methyl sites for hydroxylation is 1. The van der Waals surface area contributed by atoms with Gasteiger partial charge in [-0.15, -0.1) is 5.92 Å². The van der Waals surface area contributed by atoms with Gasteiger partial charge in [0.1, 0.15) is 6.10 Å². The minimum Gasteiger partial charge on any atom is -0.380 e. The van der Waals surface area contributed by atoms with Gasteiger partial charge in [0, 0.05) is 19.0 Å². The molecule has 23 heavy (non-hydrogen) atoms. The zero-order chi connectivity index (χ0) is 17.1. The van der Waals surface area contributed by atoms with Crippen LogP contribution in [-0.4, -0.2) is 19.3 Å². The molecule has 1 aromatic carbocycles. The molecule has 126 valence electrons. The fraction of sp³-hybridized carbons (Fsp3) is 0.500. The zero-order valence-electron chi connectivity index (χ0n) is 14.6. The van der Waals surface area contributed by atoms with Crippen molar-refractivity contribution in [1.82, 2.24) is 0 Å². The summed E-state index contributed by atoms with van der Waals surface area (Å²) in [5, 5.41) is 9.93. The molecule has 0 saturated carbocycles. The van der Waals surface area contributed by atoms with E-state index in [9.17, 15) is 5.11 Å². The maximum absolute atomic E-state index is 9.93. The molecule has 1 atom stereocenters. The van der Waals surface area contributed by atoms with Crippen LogP contribution in [0.1, 0.15) is 31.2 Å². The first-order chi connectivity index (χ1) is 10.9. The predicted octanol–water partition coefficient (Wildman–Crippen LogP) is 5.81. The number of rotatable bonds is 8. The Bertz CT molecular complexity index is 549. The summed E-state index contributed by atoms with van der Waals surface area (Å²) in [6, 6.07) is 9.39. The van der Waals surface area contributed by atoms with E-state index in [1.54, 1.807) is 0 Å². The molecule has 0 fully saturated rings. The first kappa shape index (κ1) is 20.2. The summed E-state index contributed by atoms with van der Waals surface area (Å²) in [5.74, 6) is 6.07. The normalized spacial score (nSPS) is 12.9. The lowest BCUT2D eigenvalue weighted by Crippen LogP contribution is -2.17. The molecule has 0 amide bonds. The van der Waals surface area contributed by atoms with E-state index in [1.165, 1.54) is 11.6 Å². The molecule has 0 radical (unpaired) electrons. The fourth-order valence-corrected chi connectivity index (χ4v) is 3.48. The molecule has 0 aliphatic carbocycles. The highest BCUT2D eigenvalue weighted by Crippen LogP contribution is 2.17. The van der Waals surface area contributed by atoms with Gasteiger partial charge < -0.3 is 5.11 Å². The van der Waals surface area contributed by atoms with Crippen LogP contribution in [-0.2, 0) is 6.42 Å². The number of hydrogen-bond donors (Lipinski definition) is 1. The third-order valence-electron chi connectivity index (χ3n) is 3.48. The SMILES string of the molecule is C[Si](C)(C)C/C=C\CCCC#CC(O)CCc1ccccc1Br. The van der Waals surface area contributed by atoms with Gasteiger partial charge in [-0.1, -0.05) is 71.8 Å². The van der Waals surface area contributed by atoms with Gasteiger partial charge in [0.2, 0.25) is 0 Å². The van der Waals surface area contributed by atoms with E-state index in [1.807, 2.05) is 18.2 Å². The molecule has 0 saturated heterocycles. The number of unbranched alkanes of at least 4 members (excludes halogenated alkanes) is 2. The summed E-state index contributed by atoms with van der Waals surface area (Å²) in [7, 11) is -0.940. The molecule has 1 N–H and O–H groups in total. The third-order valence-corrected chi connectivity index (χ3v) is 5.72. The smallest absolute Gasteiger partial charge is 0.115 e. The Kier molecular flexibility index (Phi) is 9.55. The quantitative estimate of drug-likeness (QED) is 0.256. The first-order valence-corrected chi connectivity index (χ1v) is 12.9. The molecule has 0 aliphatic heterocycles. The van der Waals surface area contributed by atoms with Gasteiger partial charge in [0.15, 0.2) is 0 Å². The maximum Gasteiger partial charge on any atom is 0.115 e. The molecule has 0 aromatic heterocycles. The summed E-state index contributed by atoms with van der Waals surface area (Å²) in [6.45, 7) is 7.16. The molecule has 0 heterocycles. The fourth-order valence-electron chi connectivity index (χ4n) is 2.12. The second-order valence-corrected chi connectivity index (χ2v) is 13.5. The lowest BCUT2D eigenvalue weighted by atomic mass is 10.1. The standard InChI is InChI=1S/C20H29BrOSi/c1-23(2,3)17-11-7-5-4-6-8-13-19(22)16-15-18-12-9-10-14-20(18)21/h7,9-12,14,19,22H,4-6,15-17H2,1-3H3/b11-7-. The van der Waals surface area contributed by atoms with Crippen molar-refractivity contribution in [3.63, 3.8) is 0 Å². The first-order valence-electron chi connectivity index (χ1n) is 8.43. The van der Waals surface area contributed by atoms with E-state index in [0.717, 1.165) is 30.2 Å². The molecule has 0 spiro atoms. The molecule has 1 rings (SSSR count). The van der Waals surface area contributed by atoms with Crippen LogP contribution in [0.2, 0.25) is 25.7 Å². The average Bonchev–Trinajstić information content (AvgIpc) is 2.48. The van der Waals surface area contributed by atoms with Gasteiger partial charge in [-0.05, 0) is 43.4 Å². The van der Waals surface area contributed by atoms with Crippen LogP contribution in [0, 0.1) is 11.8 Å². The number of halogens is 1. The lowest BCUT2D eigenvalue weighted by Gasteiger charge is -2.11. The van der Waals surface area contributed by atoms with Crippen molar-refractivity contribution in [1.29, 1.82) is 0 Å². The summed E-state index contributed by atoms with van der Waals surface area (Å²) >= 11 is 3.53. The molecular weight excluding hydrogens is 364 g/mol. The number of benzene rings is 1. The highest BCUT2D eigenvalue weighted by atomic mass is 79.9. The van der Waals surface area contributed by atoms with Crippen molar-refractivity contribution in [2.24, 2.45) is 0 Å². The Morgan fingerprint density at radius 2 is 1.96 bits per heavy atom. The van der Waals surface area contributed by atoms with Crippen LogP contribution < -0.4 is 0 Å². The Morgan fingerprint density at radius 1 is 1.22 bits per heavy atom. The molecule has 1 unspecified atom stereocenters. The average molecular weight is 393 g/mol.